The van der Waals surface area contributed by atoms with Crippen molar-refractivity contribution in [1.82, 2.24) is 30.3 Å². The van der Waals surface area contributed by atoms with Crippen molar-refractivity contribution in [3.05, 3.63) is 12.2 Å². The topological polar surface area (TPSA) is 70.4 Å². The van der Waals surface area contributed by atoms with E-state index in [9.17, 15) is 0 Å². The third kappa shape index (κ3) is 4.67. The summed E-state index contributed by atoms with van der Waals surface area (Å²) in [6.07, 6.45) is 1.75. The number of likely N-dealkylation sites (tertiary alicyclic amines) is 1. The quantitative estimate of drug-likeness (QED) is 0.606. The molecule has 2 heterocycles. The van der Waals surface area contributed by atoms with E-state index in [-0.39, 0.29) is 0 Å². The Morgan fingerprint density at radius 1 is 1.39 bits per heavy atom. The van der Waals surface area contributed by atoms with Crippen molar-refractivity contribution < 1.29 is 0 Å². The van der Waals surface area contributed by atoms with Crippen molar-refractivity contribution in [2.45, 2.75) is 59.8 Å². The fourth-order valence-electron chi connectivity index (χ4n) is 2.92. The number of aromatic nitrogens is 3. The van der Waals surface area contributed by atoms with Gasteiger partial charge in [0.2, 0.25) is 0 Å². The summed E-state index contributed by atoms with van der Waals surface area (Å²) in [6.45, 7) is 15.4. The predicted octanol–water partition coefficient (Wildman–Crippen LogP) is 1.08. The molecule has 23 heavy (non-hydrogen) atoms. The van der Waals surface area contributed by atoms with Gasteiger partial charge in [0.15, 0.2) is 11.8 Å². The van der Waals surface area contributed by atoms with Gasteiger partial charge in [-0.05, 0) is 33.6 Å². The number of guanidine groups is 1. The summed E-state index contributed by atoms with van der Waals surface area (Å²) in [6, 6.07) is 1.02. The van der Waals surface area contributed by atoms with Gasteiger partial charge in [-0.2, -0.15) is 0 Å². The van der Waals surface area contributed by atoms with E-state index >= 15 is 0 Å². The van der Waals surface area contributed by atoms with Gasteiger partial charge in [-0.1, -0.05) is 6.92 Å². The fraction of sp³-hybridized carbons (Fsp3) is 0.812. The van der Waals surface area contributed by atoms with E-state index < -0.39 is 0 Å². The number of nitrogens with one attached hydrogen (secondary N) is 2. The molecule has 0 aromatic carbocycles. The number of aryl methyl sites for hydroxylation is 1. The highest BCUT2D eigenvalue weighted by molar-refractivity contribution is 5.80. The molecule has 0 amide bonds. The zero-order valence-electron chi connectivity index (χ0n) is 15.1. The summed E-state index contributed by atoms with van der Waals surface area (Å²) >= 11 is 0. The van der Waals surface area contributed by atoms with Crippen LogP contribution >= 0.6 is 0 Å². The molecule has 2 N–H and O–H groups in total. The summed E-state index contributed by atoms with van der Waals surface area (Å²) in [7, 11) is 0. The number of hydrogen-bond donors (Lipinski definition) is 2. The molecule has 2 atom stereocenters. The van der Waals surface area contributed by atoms with E-state index in [1.165, 1.54) is 0 Å². The largest absolute Gasteiger partial charge is 0.357 e. The van der Waals surface area contributed by atoms with Crippen LogP contribution in [0.5, 0.6) is 0 Å². The molecule has 1 aromatic heterocycles. The molecular weight excluding hydrogens is 290 g/mol. The van der Waals surface area contributed by atoms with E-state index in [0.29, 0.717) is 24.5 Å². The summed E-state index contributed by atoms with van der Waals surface area (Å²) in [5, 5.41) is 15.0. The summed E-state index contributed by atoms with van der Waals surface area (Å²) in [4.78, 5) is 7.20. The second-order valence-electron chi connectivity index (χ2n) is 6.50. The Labute approximate surface area is 139 Å². The van der Waals surface area contributed by atoms with Crippen molar-refractivity contribution in [3.8, 4) is 0 Å². The molecule has 0 spiro atoms. The zero-order valence-corrected chi connectivity index (χ0v) is 15.1. The molecule has 1 fully saturated rings. The first-order valence-corrected chi connectivity index (χ1v) is 8.70. The molecule has 2 unspecified atom stereocenters. The Kier molecular flexibility index (Phi) is 6.38. The van der Waals surface area contributed by atoms with E-state index in [0.717, 1.165) is 38.0 Å². The molecule has 7 heteroatoms. The maximum atomic E-state index is 4.68. The molecule has 2 rings (SSSR count). The van der Waals surface area contributed by atoms with Crippen molar-refractivity contribution in [2.24, 2.45) is 10.9 Å². The summed E-state index contributed by atoms with van der Waals surface area (Å²) < 4.78 is 2.02. The standard InChI is InChI=1S/C16H31N7/c1-6-17-16(18-8-15-21-19-11-22(15)7-2)20-14-10-23(12(3)4)9-13(14)5/h11-14H,6-10H2,1-5H3,(H2,17,18,20). The zero-order chi connectivity index (χ0) is 16.8. The second kappa shape index (κ2) is 8.29. The smallest absolute Gasteiger partial charge is 0.191 e. The SMILES string of the molecule is CCNC(=NCc1nncn1CC)NC1CN(C(C)C)CC1C. The molecule has 0 aliphatic carbocycles. The third-order valence-electron chi connectivity index (χ3n) is 4.45. The van der Waals surface area contributed by atoms with Gasteiger partial charge >= 0.3 is 0 Å². The first-order chi connectivity index (χ1) is 11.0. The van der Waals surface area contributed by atoms with E-state index in [1.807, 2.05) is 4.57 Å². The Balaban J connectivity index is 1.99. The van der Waals surface area contributed by atoms with Crippen LogP contribution in [0.15, 0.2) is 11.3 Å². The van der Waals surface area contributed by atoms with Crippen LogP contribution in [0.1, 0.15) is 40.4 Å². The minimum absolute atomic E-state index is 0.430. The van der Waals surface area contributed by atoms with Gasteiger partial charge in [0.25, 0.3) is 0 Å². The monoisotopic (exact) mass is 321 g/mol. The molecule has 0 saturated carbocycles. The van der Waals surface area contributed by atoms with E-state index in [1.54, 1.807) is 6.33 Å². The van der Waals surface area contributed by atoms with Crippen LogP contribution in [0, 0.1) is 5.92 Å². The molecule has 1 saturated heterocycles. The average Bonchev–Trinajstić information content (AvgIpc) is 3.11. The minimum Gasteiger partial charge on any atom is -0.357 e. The number of nitrogens with zero attached hydrogens (tertiary/aromatic N) is 5. The summed E-state index contributed by atoms with van der Waals surface area (Å²) in [5.41, 5.74) is 0. The van der Waals surface area contributed by atoms with Crippen LogP contribution in [0.2, 0.25) is 0 Å². The highest BCUT2D eigenvalue weighted by Gasteiger charge is 2.31. The number of rotatable bonds is 6. The molecule has 1 aliphatic heterocycles. The average molecular weight is 321 g/mol. The van der Waals surface area contributed by atoms with Crippen LogP contribution in [0.4, 0.5) is 0 Å². The lowest BCUT2D eigenvalue weighted by Crippen LogP contribution is -2.46. The molecular formula is C16H31N7. The molecule has 0 bridgehead atoms. The number of aliphatic imine (C=N–C) groups is 1. The van der Waals surface area contributed by atoms with Gasteiger partial charge in [-0.25, -0.2) is 4.99 Å². The Bertz CT molecular complexity index is 508. The molecule has 130 valence electrons. The predicted molar refractivity (Wildman–Crippen MR) is 93.3 cm³/mol. The fourth-order valence-corrected chi connectivity index (χ4v) is 2.92. The van der Waals surface area contributed by atoms with Crippen molar-refractivity contribution in [2.75, 3.05) is 19.6 Å². The lowest BCUT2D eigenvalue weighted by Gasteiger charge is -2.21. The van der Waals surface area contributed by atoms with E-state index in [2.05, 4.69) is 65.3 Å². The lowest BCUT2D eigenvalue weighted by atomic mass is 10.1. The van der Waals surface area contributed by atoms with Gasteiger partial charge in [0.05, 0.1) is 0 Å². The van der Waals surface area contributed by atoms with Crippen LogP contribution in [-0.2, 0) is 13.1 Å². The number of hydrogen-bond acceptors (Lipinski definition) is 4. The molecule has 0 radical (unpaired) electrons. The van der Waals surface area contributed by atoms with Gasteiger partial charge in [-0.15, -0.1) is 10.2 Å². The van der Waals surface area contributed by atoms with Gasteiger partial charge in [0.1, 0.15) is 12.9 Å². The van der Waals surface area contributed by atoms with Crippen LogP contribution < -0.4 is 10.6 Å². The maximum absolute atomic E-state index is 4.68. The van der Waals surface area contributed by atoms with Gasteiger partial charge < -0.3 is 15.2 Å². The van der Waals surface area contributed by atoms with Gasteiger partial charge in [-0.3, -0.25) is 4.90 Å². The maximum Gasteiger partial charge on any atom is 0.191 e. The first kappa shape index (κ1) is 17.7. The van der Waals surface area contributed by atoms with Crippen molar-refractivity contribution >= 4 is 5.96 Å². The third-order valence-corrected chi connectivity index (χ3v) is 4.45. The Morgan fingerprint density at radius 3 is 2.78 bits per heavy atom. The van der Waals surface area contributed by atoms with Crippen LogP contribution in [0.3, 0.4) is 0 Å². The molecule has 1 aromatic rings. The Morgan fingerprint density at radius 2 is 2.17 bits per heavy atom. The first-order valence-electron chi connectivity index (χ1n) is 8.70. The van der Waals surface area contributed by atoms with Crippen LogP contribution in [-0.4, -0.2) is 57.3 Å². The van der Waals surface area contributed by atoms with Crippen molar-refractivity contribution in [3.63, 3.8) is 0 Å². The normalized spacial score (nSPS) is 22.8. The summed E-state index contributed by atoms with van der Waals surface area (Å²) in [5.74, 6) is 2.37. The van der Waals surface area contributed by atoms with Crippen LogP contribution in [0.25, 0.3) is 0 Å². The highest BCUT2D eigenvalue weighted by atomic mass is 15.3. The van der Waals surface area contributed by atoms with Crippen molar-refractivity contribution in [1.29, 1.82) is 0 Å². The Hall–Kier alpha value is -1.63. The molecule has 7 nitrogen and oxygen atoms in total. The molecule has 1 aliphatic rings. The van der Waals surface area contributed by atoms with E-state index in [4.69, 9.17) is 0 Å². The minimum atomic E-state index is 0.430. The highest BCUT2D eigenvalue weighted by Crippen LogP contribution is 2.18. The second-order valence-corrected chi connectivity index (χ2v) is 6.50. The van der Waals surface area contributed by atoms with Gasteiger partial charge in [0, 0.05) is 38.3 Å². The lowest BCUT2D eigenvalue weighted by molar-refractivity contribution is 0.265.